The number of thioether (sulfide) groups is 1. The van der Waals surface area contributed by atoms with Gasteiger partial charge in [0.05, 0.1) is 17.9 Å². The number of hydrogen-bond acceptors (Lipinski definition) is 5. The summed E-state index contributed by atoms with van der Waals surface area (Å²) in [4.78, 5) is 15.0. The summed E-state index contributed by atoms with van der Waals surface area (Å²) in [6.45, 7) is 2.40. The summed E-state index contributed by atoms with van der Waals surface area (Å²) < 4.78 is 10.7. The van der Waals surface area contributed by atoms with E-state index in [9.17, 15) is 4.79 Å². The normalized spacial score (nSPS) is 10.4. The highest BCUT2D eigenvalue weighted by Gasteiger charge is 2.04. The van der Waals surface area contributed by atoms with E-state index in [1.165, 1.54) is 23.9 Å². The fraction of sp³-hybridized carbons (Fsp3) is 0.286. The van der Waals surface area contributed by atoms with E-state index in [0.29, 0.717) is 17.6 Å². The van der Waals surface area contributed by atoms with Crippen molar-refractivity contribution >= 4 is 17.7 Å². The van der Waals surface area contributed by atoms with Gasteiger partial charge in [-0.2, -0.15) is 0 Å². The first-order valence-corrected chi connectivity index (χ1v) is 7.15. The number of aromatic carboxylic acids is 1. The van der Waals surface area contributed by atoms with E-state index in [2.05, 4.69) is 4.98 Å². The molecule has 2 rings (SSSR count). The Morgan fingerprint density at radius 3 is 3.05 bits per heavy atom. The molecule has 0 bridgehead atoms. The van der Waals surface area contributed by atoms with Crippen LogP contribution >= 0.6 is 11.8 Å². The van der Waals surface area contributed by atoms with Crippen molar-refractivity contribution in [2.75, 3.05) is 12.4 Å². The van der Waals surface area contributed by atoms with Gasteiger partial charge in [-0.3, -0.25) is 0 Å². The van der Waals surface area contributed by atoms with E-state index < -0.39 is 5.97 Å². The molecule has 0 amide bonds. The molecule has 106 valence electrons. The molecule has 0 aliphatic heterocycles. The lowest BCUT2D eigenvalue weighted by Crippen LogP contribution is -2.01. The van der Waals surface area contributed by atoms with Gasteiger partial charge in [-0.25, -0.2) is 9.78 Å². The largest absolute Gasteiger partial charge is 0.494 e. The van der Waals surface area contributed by atoms with Gasteiger partial charge in [0.1, 0.15) is 12.0 Å². The first-order chi connectivity index (χ1) is 9.65. The molecule has 5 nitrogen and oxygen atoms in total. The van der Waals surface area contributed by atoms with Gasteiger partial charge in [0, 0.05) is 5.75 Å². The molecule has 1 aromatic carbocycles. The predicted octanol–water partition coefficient (Wildman–Crippen LogP) is 3.24. The average molecular weight is 293 g/mol. The molecule has 1 N–H and O–H groups in total. The highest BCUT2D eigenvalue weighted by atomic mass is 32.2. The zero-order chi connectivity index (χ0) is 14.4. The van der Waals surface area contributed by atoms with Crippen LogP contribution in [0.3, 0.4) is 0 Å². The number of nitrogens with zero attached hydrogens (tertiary/aromatic N) is 1. The van der Waals surface area contributed by atoms with Crippen LogP contribution in [0.15, 0.2) is 40.2 Å². The fourth-order valence-corrected chi connectivity index (χ4v) is 2.29. The second-order valence-electron chi connectivity index (χ2n) is 4.14. The molecule has 0 saturated heterocycles. The van der Waals surface area contributed by atoms with Crippen LogP contribution in [0.4, 0.5) is 0 Å². The second kappa shape index (κ2) is 7.00. The first-order valence-electron chi connectivity index (χ1n) is 6.16. The predicted molar refractivity (Wildman–Crippen MR) is 75.5 cm³/mol. The summed E-state index contributed by atoms with van der Waals surface area (Å²) in [5, 5.41) is 9.53. The third-order valence-electron chi connectivity index (χ3n) is 2.46. The van der Waals surface area contributed by atoms with Gasteiger partial charge in [0.2, 0.25) is 0 Å². The fourth-order valence-electron chi connectivity index (χ4n) is 1.53. The minimum Gasteiger partial charge on any atom is -0.494 e. The first kappa shape index (κ1) is 14.5. The molecule has 20 heavy (non-hydrogen) atoms. The highest BCUT2D eigenvalue weighted by molar-refractivity contribution is 7.99. The zero-order valence-electron chi connectivity index (χ0n) is 11.0. The Labute approximate surface area is 121 Å². The van der Waals surface area contributed by atoms with E-state index in [1.807, 2.05) is 6.92 Å². The molecule has 0 saturated carbocycles. The van der Waals surface area contributed by atoms with Crippen LogP contribution in [0, 0.1) is 6.92 Å². The van der Waals surface area contributed by atoms with Crippen LogP contribution in [0.5, 0.6) is 5.75 Å². The summed E-state index contributed by atoms with van der Waals surface area (Å²) >= 11 is 1.53. The molecule has 2 aromatic rings. The third kappa shape index (κ3) is 4.31. The van der Waals surface area contributed by atoms with Crippen LogP contribution < -0.4 is 4.74 Å². The maximum atomic E-state index is 10.8. The molecule has 0 atom stereocenters. The Kier molecular flexibility index (Phi) is 5.06. The van der Waals surface area contributed by atoms with E-state index in [1.54, 1.807) is 18.4 Å². The van der Waals surface area contributed by atoms with E-state index in [-0.39, 0.29) is 5.56 Å². The summed E-state index contributed by atoms with van der Waals surface area (Å²) in [5.41, 5.74) is 1.10. The summed E-state index contributed by atoms with van der Waals surface area (Å²) in [6, 6.07) is 6.48. The number of rotatable bonds is 7. The van der Waals surface area contributed by atoms with Crippen LogP contribution in [0.2, 0.25) is 0 Å². The van der Waals surface area contributed by atoms with Crippen molar-refractivity contribution in [3.05, 3.63) is 41.8 Å². The quantitative estimate of drug-likeness (QED) is 0.624. The number of carboxylic acids is 1. The van der Waals surface area contributed by atoms with Gasteiger partial charge in [0.15, 0.2) is 0 Å². The lowest BCUT2D eigenvalue weighted by Gasteiger charge is -2.06. The molecule has 0 unspecified atom stereocenters. The van der Waals surface area contributed by atoms with Gasteiger partial charge in [-0.15, -0.1) is 0 Å². The van der Waals surface area contributed by atoms with Crippen LogP contribution in [-0.4, -0.2) is 28.4 Å². The number of aryl methyl sites for hydroxylation is 1. The number of benzene rings is 1. The molecular weight excluding hydrogens is 278 g/mol. The zero-order valence-corrected chi connectivity index (χ0v) is 11.9. The van der Waals surface area contributed by atoms with Crippen molar-refractivity contribution in [1.29, 1.82) is 0 Å². The van der Waals surface area contributed by atoms with Gasteiger partial charge >= 0.3 is 5.97 Å². The van der Waals surface area contributed by atoms with Crippen molar-refractivity contribution in [2.45, 2.75) is 18.6 Å². The minimum atomic E-state index is -0.953. The summed E-state index contributed by atoms with van der Waals surface area (Å²) in [5.74, 6) is 0.450. The van der Waals surface area contributed by atoms with Crippen LogP contribution in [0.25, 0.3) is 0 Å². The maximum Gasteiger partial charge on any atom is 0.335 e. The van der Waals surface area contributed by atoms with Crippen LogP contribution in [0.1, 0.15) is 22.5 Å². The van der Waals surface area contributed by atoms with Crippen molar-refractivity contribution in [2.24, 2.45) is 0 Å². The Morgan fingerprint density at radius 2 is 2.35 bits per heavy atom. The van der Waals surface area contributed by atoms with E-state index in [0.717, 1.165) is 17.9 Å². The number of carbonyl (C=O) groups is 1. The Bertz CT molecular complexity index is 582. The molecular formula is C14H15NO4S. The molecule has 0 radical (unpaired) electrons. The average Bonchev–Trinajstić information content (AvgIpc) is 2.84. The molecule has 0 spiro atoms. The van der Waals surface area contributed by atoms with Gasteiger partial charge in [-0.1, -0.05) is 17.8 Å². The SMILES string of the molecule is Cc1coc(SCCCOc2cccc(C(=O)O)c2)n1. The molecule has 0 fully saturated rings. The second-order valence-corrected chi connectivity index (χ2v) is 5.18. The summed E-state index contributed by atoms with van der Waals surface area (Å²) in [7, 11) is 0. The Hall–Kier alpha value is -1.95. The van der Waals surface area contributed by atoms with Crippen molar-refractivity contribution < 1.29 is 19.1 Å². The Balaban J connectivity index is 1.70. The topological polar surface area (TPSA) is 72.6 Å². The highest BCUT2D eigenvalue weighted by Crippen LogP contribution is 2.18. The van der Waals surface area contributed by atoms with Crippen molar-refractivity contribution in [3.63, 3.8) is 0 Å². The number of oxazole rings is 1. The van der Waals surface area contributed by atoms with Gasteiger partial charge < -0.3 is 14.3 Å². The molecule has 0 aliphatic carbocycles. The lowest BCUT2D eigenvalue weighted by atomic mass is 10.2. The standard InChI is InChI=1S/C14H15NO4S/c1-10-9-19-14(15-10)20-7-3-6-18-12-5-2-4-11(8-12)13(16)17/h2,4-5,8-9H,3,6-7H2,1H3,(H,16,17). The summed E-state index contributed by atoms with van der Waals surface area (Å²) in [6.07, 6.45) is 2.44. The molecule has 1 heterocycles. The van der Waals surface area contributed by atoms with Crippen molar-refractivity contribution in [3.8, 4) is 5.75 Å². The number of ether oxygens (including phenoxy) is 1. The molecule has 1 aromatic heterocycles. The third-order valence-corrected chi connectivity index (χ3v) is 3.39. The van der Waals surface area contributed by atoms with Gasteiger partial charge in [0.25, 0.3) is 5.22 Å². The number of carboxylic acid groups (broad SMARTS) is 1. The smallest absolute Gasteiger partial charge is 0.335 e. The maximum absolute atomic E-state index is 10.8. The molecule has 6 heteroatoms. The number of hydrogen-bond donors (Lipinski definition) is 1. The van der Waals surface area contributed by atoms with Crippen molar-refractivity contribution in [1.82, 2.24) is 4.98 Å². The Morgan fingerprint density at radius 1 is 1.50 bits per heavy atom. The van der Waals surface area contributed by atoms with E-state index in [4.69, 9.17) is 14.3 Å². The van der Waals surface area contributed by atoms with E-state index >= 15 is 0 Å². The number of aromatic nitrogens is 1. The van der Waals surface area contributed by atoms with Gasteiger partial charge in [-0.05, 0) is 31.5 Å². The monoisotopic (exact) mass is 293 g/mol. The minimum absolute atomic E-state index is 0.229. The lowest BCUT2D eigenvalue weighted by molar-refractivity contribution is 0.0696. The molecule has 0 aliphatic rings. The van der Waals surface area contributed by atoms with Crippen LogP contribution in [-0.2, 0) is 0 Å².